The number of hydrogen-bond acceptors (Lipinski definition) is 2. The van der Waals surface area contributed by atoms with Crippen molar-refractivity contribution in [2.45, 2.75) is 64.5 Å². The summed E-state index contributed by atoms with van der Waals surface area (Å²) in [5, 5.41) is 3.18. The number of nitrogens with one attached hydrogen (secondary N) is 1. The number of amides is 1. The van der Waals surface area contributed by atoms with Gasteiger partial charge >= 0.3 is 0 Å². The lowest BCUT2D eigenvalue weighted by atomic mass is 9.86. The molecule has 1 aromatic carbocycles. The fourth-order valence-corrected chi connectivity index (χ4v) is 3.22. The topological polar surface area (TPSA) is 46.9 Å². The average molecular weight is 325 g/mol. The molecule has 1 aromatic heterocycles. The van der Waals surface area contributed by atoms with Crippen LogP contribution in [0.5, 0.6) is 0 Å². The molecule has 3 rings (SSSR count). The van der Waals surface area contributed by atoms with Crippen LogP contribution in [0.1, 0.15) is 50.4 Å². The van der Waals surface area contributed by atoms with Crippen LogP contribution >= 0.6 is 0 Å². The second kappa shape index (κ2) is 6.80. The molecular weight excluding hydrogens is 298 g/mol. The normalized spacial score (nSPS) is 17.4. The summed E-state index contributed by atoms with van der Waals surface area (Å²) in [5.74, 6) is 0.146. The smallest absolute Gasteiger partial charge is 0.220 e. The quantitative estimate of drug-likeness (QED) is 0.938. The number of fused-ring (bicyclic) bond motifs is 1. The van der Waals surface area contributed by atoms with Crippen molar-refractivity contribution in [3.8, 4) is 0 Å². The fourth-order valence-electron chi connectivity index (χ4n) is 3.22. The molecule has 1 unspecified atom stereocenters. The summed E-state index contributed by atoms with van der Waals surface area (Å²) in [4.78, 5) is 16.4. The summed E-state index contributed by atoms with van der Waals surface area (Å²) in [6, 6.07) is 8.88. The second-order valence-corrected chi connectivity index (χ2v) is 7.78. The number of imidazole rings is 1. The van der Waals surface area contributed by atoms with E-state index in [1.54, 1.807) is 0 Å². The van der Waals surface area contributed by atoms with Gasteiger partial charge in [-0.2, -0.15) is 0 Å². The van der Waals surface area contributed by atoms with Gasteiger partial charge in [0.25, 0.3) is 0 Å². The average Bonchev–Trinajstić information content (AvgIpc) is 3.00. The van der Waals surface area contributed by atoms with E-state index in [0.717, 1.165) is 25.8 Å². The van der Waals surface area contributed by atoms with Crippen molar-refractivity contribution in [1.82, 2.24) is 14.9 Å². The Balaban J connectivity index is 1.48. The van der Waals surface area contributed by atoms with E-state index in [1.165, 1.54) is 16.8 Å². The van der Waals surface area contributed by atoms with E-state index < -0.39 is 0 Å². The highest BCUT2D eigenvalue weighted by molar-refractivity contribution is 5.76. The first-order valence-electron chi connectivity index (χ1n) is 8.79. The maximum atomic E-state index is 12.2. The Morgan fingerprint density at radius 2 is 2.04 bits per heavy atom. The van der Waals surface area contributed by atoms with Gasteiger partial charge in [-0.1, -0.05) is 45.0 Å². The van der Waals surface area contributed by atoms with Gasteiger partial charge in [-0.15, -0.1) is 0 Å². The predicted molar refractivity (Wildman–Crippen MR) is 95.9 cm³/mol. The summed E-state index contributed by atoms with van der Waals surface area (Å²) in [6.45, 7) is 7.58. The highest BCUT2D eigenvalue weighted by Gasteiger charge is 2.20. The number of aromatic nitrogens is 2. The van der Waals surface area contributed by atoms with E-state index in [4.69, 9.17) is 0 Å². The second-order valence-electron chi connectivity index (χ2n) is 7.78. The minimum Gasteiger partial charge on any atom is -0.353 e. The zero-order valence-electron chi connectivity index (χ0n) is 14.9. The summed E-state index contributed by atoms with van der Waals surface area (Å²) < 4.78 is 2.17. The molecule has 2 aromatic rings. The van der Waals surface area contributed by atoms with Gasteiger partial charge < -0.3 is 9.88 Å². The SMILES string of the molecule is CC(C)(C)c1ccc(CCC(=O)NC2CCn3cncc3C2)cc1. The van der Waals surface area contributed by atoms with Crippen molar-refractivity contribution in [2.24, 2.45) is 0 Å². The monoisotopic (exact) mass is 325 g/mol. The van der Waals surface area contributed by atoms with E-state index in [0.29, 0.717) is 6.42 Å². The molecule has 2 heterocycles. The van der Waals surface area contributed by atoms with Crippen LogP contribution in [-0.4, -0.2) is 21.5 Å². The van der Waals surface area contributed by atoms with Gasteiger partial charge in [0.2, 0.25) is 5.91 Å². The van der Waals surface area contributed by atoms with E-state index in [1.807, 2.05) is 12.5 Å². The Bertz CT molecular complexity index is 694. The van der Waals surface area contributed by atoms with Gasteiger partial charge in [-0.05, 0) is 29.4 Å². The number of carbonyl (C=O) groups is 1. The van der Waals surface area contributed by atoms with Crippen molar-refractivity contribution in [3.63, 3.8) is 0 Å². The highest BCUT2D eigenvalue weighted by Crippen LogP contribution is 2.22. The van der Waals surface area contributed by atoms with E-state index >= 15 is 0 Å². The van der Waals surface area contributed by atoms with Crippen LogP contribution in [-0.2, 0) is 29.6 Å². The van der Waals surface area contributed by atoms with Crippen LogP contribution in [0.2, 0.25) is 0 Å². The molecule has 4 nitrogen and oxygen atoms in total. The van der Waals surface area contributed by atoms with E-state index in [-0.39, 0.29) is 17.4 Å². The molecule has 1 amide bonds. The molecule has 128 valence electrons. The molecule has 24 heavy (non-hydrogen) atoms. The number of nitrogens with zero attached hydrogens (tertiary/aromatic N) is 2. The Morgan fingerprint density at radius 1 is 1.29 bits per heavy atom. The third-order valence-corrected chi connectivity index (χ3v) is 4.80. The zero-order chi connectivity index (χ0) is 17.2. The lowest BCUT2D eigenvalue weighted by Crippen LogP contribution is -2.40. The molecule has 0 saturated carbocycles. The number of rotatable bonds is 4. The van der Waals surface area contributed by atoms with Crippen LogP contribution in [0.25, 0.3) is 0 Å². The Morgan fingerprint density at radius 3 is 2.75 bits per heavy atom. The van der Waals surface area contributed by atoms with Gasteiger partial charge in [-0.3, -0.25) is 4.79 Å². The zero-order valence-corrected chi connectivity index (χ0v) is 14.9. The molecule has 1 aliphatic rings. The molecule has 0 aliphatic carbocycles. The van der Waals surface area contributed by atoms with Crippen molar-refractivity contribution >= 4 is 5.91 Å². The largest absolute Gasteiger partial charge is 0.353 e. The third kappa shape index (κ3) is 4.05. The summed E-state index contributed by atoms with van der Waals surface area (Å²) in [5.41, 5.74) is 3.93. The molecule has 0 spiro atoms. The molecule has 4 heteroatoms. The Hall–Kier alpha value is -2.10. The maximum Gasteiger partial charge on any atom is 0.220 e. The first kappa shape index (κ1) is 16.7. The van der Waals surface area contributed by atoms with Gasteiger partial charge in [0.05, 0.1) is 6.33 Å². The molecular formula is C20H27N3O. The Kier molecular flexibility index (Phi) is 4.74. The van der Waals surface area contributed by atoms with E-state index in [2.05, 4.69) is 59.9 Å². The van der Waals surface area contributed by atoms with Gasteiger partial charge in [0.15, 0.2) is 0 Å². The van der Waals surface area contributed by atoms with Gasteiger partial charge in [0, 0.05) is 37.3 Å². The number of benzene rings is 1. The van der Waals surface area contributed by atoms with Crippen molar-refractivity contribution in [1.29, 1.82) is 0 Å². The molecule has 1 aliphatic heterocycles. The molecule has 0 radical (unpaired) electrons. The lowest BCUT2D eigenvalue weighted by Gasteiger charge is -2.24. The fraction of sp³-hybridized carbons (Fsp3) is 0.500. The van der Waals surface area contributed by atoms with E-state index in [9.17, 15) is 4.79 Å². The van der Waals surface area contributed by atoms with Crippen molar-refractivity contribution in [3.05, 3.63) is 53.6 Å². The summed E-state index contributed by atoms with van der Waals surface area (Å²) in [7, 11) is 0. The number of hydrogen-bond donors (Lipinski definition) is 1. The third-order valence-electron chi connectivity index (χ3n) is 4.80. The van der Waals surface area contributed by atoms with Crippen LogP contribution in [0.3, 0.4) is 0 Å². The predicted octanol–water partition coefficient (Wildman–Crippen LogP) is 3.24. The molecule has 0 saturated heterocycles. The van der Waals surface area contributed by atoms with Gasteiger partial charge in [-0.25, -0.2) is 4.98 Å². The summed E-state index contributed by atoms with van der Waals surface area (Å²) >= 11 is 0. The molecule has 0 fully saturated rings. The number of aryl methyl sites for hydroxylation is 2. The van der Waals surface area contributed by atoms with Gasteiger partial charge in [0.1, 0.15) is 0 Å². The highest BCUT2D eigenvalue weighted by atomic mass is 16.1. The van der Waals surface area contributed by atoms with Crippen molar-refractivity contribution < 1.29 is 4.79 Å². The first-order valence-corrected chi connectivity index (χ1v) is 8.79. The van der Waals surface area contributed by atoms with Crippen LogP contribution in [0.4, 0.5) is 0 Å². The Labute approximate surface area is 144 Å². The standard InChI is InChI=1S/C20H27N3O/c1-20(2,3)16-7-4-15(5-8-16)6-9-19(24)22-17-10-11-23-14-21-13-18(23)12-17/h4-5,7-8,13-14,17H,6,9-12H2,1-3H3,(H,22,24). The maximum absolute atomic E-state index is 12.2. The van der Waals surface area contributed by atoms with Crippen LogP contribution in [0, 0.1) is 0 Å². The van der Waals surface area contributed by atoms with Crippen LogP contribution < -0.4 is 5.32 Å². The molecule has 1 atom stereocenters. The lowest BCUT2D eigenvalue weighted by molar-refractivity contribution is -0.121. The van der Waals surface area contributed by atoms with Crippen molar-refractivity contribution in [2.75, 3.05) is 0 Å². The summed E-state index contributed by atoms with van der Waals surface area (Å²) in [6.07, 6.45) is 6.97. The minimum absolute atomic E-state index is 0.146. The van der Waals surface area contributed by atoms with Crippen LogP contribution in [0.15, 0.2) is 36.8 Å². The number of carbonyl (C=O) groups excluding carboxylic acids is 1. The first-order chi connectivity index (χ1) is 11.4. The molecule has 0 bridgehead atoms. The minimum atomic E-state index is 0.146. The molecule has 1 N–H and O–H groups in total.